The van der Waals surface area contributed by atoms with Crippen molar-refractivity contribution < 1.29 is 36.6 Å². The summed E-state index contributed by atoms with van der Waals surface area (Å²) in [7, 11) is -2.16. The molecule has 32 heavy (non-hydrogen) atoms. The standard InChI is InChI=1S/C22H30FNO7S/c1-18(25)31-21(17-30-20-11-8-10-19(23)16-20)12-9-15-24(32(3,27)28)14-7-5-4-6-13-22(26)29-2/h8,10-11,16,21H,4,6,9,12-15,17H2,1-3H3. The van der Waals surface area contributed by atoms with Crippen LogP contribution in [0.4, 0.5) is 4.39 Å². The minimum Gasteiger partial charge on any atom is -0.490 e. The van der Waals surface area contributed by atoms with E-state index in [0.29, 0.717) is 31.4 Å². The number of sulfonamides is 1. The summed E-state index contributed by atoms with van der Waals surface area (Å²) in [6, 6.07) is 5.60. The lowest BCUT2D eigenvalue weighted by Crippen LogP contribution is -2.32. The van der Waals surface area contributed by atoms with E-state index < -0.39 is 27.9 Å². The van der Waals surface area contributed by atoms with Crippen LogP contribution in [0.15, 0.2) is 24.3 Å². The molecular weight excluding hydrogens is 441 g/mol. The van der Waals surface area contributed by atoms with Crippen molar-refractivity contribution in [3.63, 3.8) is 0 Å². The molecule has 0 amide bonds. The third-order valence-corrected chi connectivity index (χ3v) is 5.51. The highest BCUT2D eigenvalue weighted by atomic mass is 32.2. The van der Waals surface area contributed by atoms with Gasteiger partial charge in [0.1, 0.15) is 24.3 Å². The highest BCUT2D eigenvalue weighted by Gasteiger charge is 2.18. The molecule has 1 aromatic carbocycles. The molecule has 0 fully saturated rings. The van der Waals surface area contributed by atoms with Gasteiger partial charge in [-0.3, -0.25) is 9.59 Å². The second-order valence-electron chi connectivity index (χ2n) is 7.02. The average Bonchev–Trinajstić information content (AvgIpc) is 2.71. The quantitative estimate of drug-likeness (QED) is 0.248. The van der Waals surface area contributed by atoms with Crippen molar-refractivity contribution in [2.24, 2.45) is 0 Å². The topological polar surface area (TPSA) is 99.2 Å². The Hall–Kier alpha value is -2.64. The van der Waals surface area contributed by atoms with Crippen LogP contribution >= 0.6 is 0 Å². The number of rotatable bonds is 13. The molecule has 0 spiro atoms. The van der Waals surface area contributed by atoms with E-state index in [-0.39, 0.29) is 32.1 Å². The van der Waals surface area contributed by atoms with Crippen LogP contribution in [0.25, 0.3) is 0 Å². The maximum absolute atomic E-state index is 13.3. The first-order valence-electron chi connectivity index (χ1n) is 10.1. The summed E-state index contributed by atoms with van der Waals surface area (Å²) < 4.78 is 53.8. The molecule has 1 atom stereocenters. The van der Waals surface area contributed by atoms with E-state index in [1.165, 1.54) is 36.5 Å². The third-order valence-electron chi connectivity index (χ3n) is 4.26. The molecule has 0 saturated heterocycles. The van der Waals surface area contributed by atoms with E-state index in [0.717, 1.165) is 6.26 Å². The Morgan fingerprint density at radius 2 is 1.97 bits per heavy atom. The first-order valence-corrected chi connectivity index (χ1v) is 12.0. The van der Waals surface area contributed by atoms with Gasteiger partial charge in [0.25, 0.3) is 0 Å². The van der Waals surface area contributed by atoms with Gasteiger partial charge in [0.2, 0.25) is 10.0 Å². The molecule has 0 aliphatic heterocycles. The number of methoxy groups -OCH3 is 1. The summed E-state index contributed by atoms with van der Waals surface area (Å²) in [6.07, 6.45) is 2.50. The average molecular weight is 472 g/mol. The monoisotopic (exact) mass is 471 g/mol. The van der Waals surface area contributed by atoms with E-state index in [2.05, 4.69) is 16.6 Å². The van der Waals surface area contributed by atoms with Crippen LogP contribution in [0.5, 0.6) is 5.75 Å². The van der Waals surface area contributed by atoms with Gasteiger partial charge in [0.15, 0.2) is 0 Å². The van der Waals surface area contributed by atoms with Crippen molar-refractivity contribution in [2.45, 2.75) is 45.1 Å². The number of carbonyl (C=O) groups excluding carboxylic acids is 2. The van der Waals surface area contributed by atoms with Crippen molar-refractivity contribution in [1.29, 1.82) is 0 Å². The maximum Gasteiger partial charge on any atom is 0.305 e. The molecule has 0 aromatic heterocycles. The molecule has 8 nitrogen and oxygen atoms in total. The highest BCUT2D eigenvalue weighted by Crippen LogP contribution is 2.14. The van der Waals surface area contributed by atoms with Crippen molar-refractivity contribution in [2.75, 3.05) is 33.1 Å². The lowest BCUT2D eigenvalue weighted by Gasteiger charge is -2.20. The normalized spacial score (nSPS) is 11.9. The first kappa shape index (κ1) is 27.4. The van der Waals surface area contributed by atoms with E-state index in [9.17, 15) is 22.4 Å². The van der Waals surface area contributed by atoms with Gasteiger partial charge in [-0.15, -0.1) is 5.92 Å². The molecule has 0 bridgehead atoms. The second kappa shape index (κ2) is 14.4. The maximum atomic E-state index is 13.3. The summed E-state index contributed by atoms with van der Waals surface area (Å²) in [5.41, 5.74) is 0. The molecule has 0 saturated carbocycles. The summed E-state index contributed by atoms with van der Waals surface area (Å²) in [5.74, 6) is 4.72. The summed E-state index contributed by atoms with van der Waals surface area (Å²) in [5, 5.41) is 0. The van der Waals surface area contributed by atoms with Gasteiger partial charge in [-0.25, -0.2) is 12.8 Å². The third kappa shape index (κ3) is 12.3. The van der Waals surface area contributed by atoms with Gasteiger partial charge < -0.3 is 14.2 Å². The molecule has 0 N–H and O–H groups in total. The smallest absolute Gasteiger partial charge is 0.305 e. The Balaban J connectivity index is 2.55. The van der Waals surface area contributed by atoms with Gasteiger partial charge in [0.05, 0.1) is 19.9 Å². The summed E-state index contributed by atoms with van der Waals surface area (Å²) in [6.45, 7) is 1.50. The van der Waals surface area contributed by atoms with Crippen LogP contribution in [-0.4, -0.2) is 63.8 Å². The van der Waals surface area contributed by atoms with Crippen LogP contribution < -0.4 is 4.74 Å². The van der Waals surface area contributed by atoms with Gasteiger partial charge in [0, 0.05) is 32.4 Å². The lowest BCUT2D eigenvalue weighted by atomic mass is 10.2. The van der Waals surface area contributed by atoms with Crippen molar-refractivity contribution in [3.05, 3.63) is 30.1 Å². The minimum atomic E-state index is -3.48. The molecular formula is C22H30FNO7S. The molecule has 1 rings (SSSR count). The Morgan fingerprint density at radius 1 is 1.22 bits per heavy atom. The molecule has 1 unspecified atom stereocenters. The van der Waals surface area contributed by atoms with Crippen molar-refractivity contribution in [1.82, 2.24) is 4.31 Å². The highest BCUT2D eigenvalue weighted by molar-refractivity contribution is 7.88. The van der Waals surface area contributed by atoms with Crippen LogP contribution in [0.2, 0.25) is 0 Å². The van der Waals surface area contributed by atoms with E-state index in [1.54, 1.807) is 6.07 Å². The molecule has 178 valence electrons. The second-order valence-corrected chi connectivity index (χ2v) is 9.00. The largest absolute Gasteiger partial charge is 0.490 e. The van der Waals surface area contributed by atoms with Crippen molar-refractivity contribution in [3.8, 4) is 17.6 Å². The Kier molecular flexibility index (Phi) is 12.4. The first-order chi connectivity index (χ1) is 15.1. The number of halogens is 1. The number of ether oxygens (including phenoxy) is 3. The number of esters is 2. The van der Waals surface area contributed by atoms with Gasteiger partial charge >= 0.3 is 11.9 Å². The number of carbonyl (C=O) groups is 2. The molecule has 10 heteroatoms. The van der Waals surface area contributed by atoms with Crippen LogP contribution in [-0.2, 0) is 29.1 Å². The zero-order valence-corrected chi connectivity index (χ0v) is 19.5. The van der Waals surface area contributed by atoms with Crippen LogP contribution in [0, 0.1) is 17.7 Å². The zero-order valence-electron chi connectivity index (χ0n) is 18.6. The molecule has 0 aliphatic rings. The Labute approximate surface area is 189 Å². The van der Waals surface area contributed by atoms with Crippen LogP contribution in [0.1, 0.15) is 39.0 Å². The minimum absolute atomic E-state index is 0.0158. The fourth-order valence-electron chi connectivity index (χ4n) is 2.67. The van der Waals surface area contributed by atoms with E-state index >= 15 is 0 Å². The van der Waals surface area contributed by atoms with Gasteiger partial charge in [-0.2, -0.15) is 4.31 Å². The van der Waals surface area contributed by atoms with Gasteiger partial charge in [-0.1, -0.05) is 12.0 Å². The van der Waals surface area contributed by atoms with Gasteiger partial charge in [-0.05, 0) is 31.4 Å². The fourth-order valence-corrected chi connectivity index (χ4v) is 3.43. The number of hydrogen-bond acceptors (Lipinski definition) is 7. The predicted octanol–water partition coefficient (Wildman–Crippen LogP) is 2.52. The number of benzene rings is 1. The summed E-state index contributed by atoms with van der Waals surface area (Å²) >= 11 is 0. The van der Waals surface area contributed by atoms with Crippen molar-refractivity contribution >= 4 is 22.0 Å². The lowest BCUT2D eigenvalue weighted by molar-refractivity contribution is -0.148. The molecule has 1 aromatic rings. The molecule has 0 aliphatic carbocycles. The predicted molar refractivity (Wildman–Crippen MR) is 117 cm³/mol. The number of nitrogens with zero attached hydrogens (tertiary/aromatic N) is 1. The number of hydrogen-bond donors (Lipinski definition) is 0. The summed E-state index contributed by atoms with van der Waals surface area (Å²) in [4.78, 5) is 22.4. The zero-order chi connectivity index (χ0) is 24.0. The number of unbranched alkanes of at least 4 members (excludes halogenated alkanes) is 1. The Bertz CT molecular complexity index is 908. The molecule has 0 heterocycles. The molecule has 0 radical (unpaired) electrons. The Morgan fingerprint density at radius 3 is 2.59 bits per heavy atom. The van der Waals surface area contributed by atoms with E-state index in [4.69, 9.17) is 9.47 Å². The SMILES string of the molecule is COC(=O)CCCC#CCN(CCCC(COc1cccc(F)c1)OC(C)=O)S(C)(=O)=O. The fraction of sp³-hybridized carbons (Fsp3) is 0.545. The van der Waals surface area contributed by atoms with Crippen LogP contribution in [0.3, 0.4) is 0 Å². The van der Waals surface area contributed by atoms with E-state index in [1.807, 2.05) is 0 Å².